The molecule has 3 rings (SSSR count). The van der Waals surface area contributed by atoms with Crippen molar-refractivity contribution in [1.29, 1.82) is 0 Å². The number of hydrogen-bond acceptors (Lipinski definition) is 2. The van der Waals surface area contributed by atoms with Crippen molar-refractivity contribution in [1.82, 2.24) is 5.32 Å². The van der Waals surface area contributed by atoms with E-state index in [9.17, 15) is 0 Å². The molecule has 2 heteroatoms. The number of aryl methyl sites for hydroxylation is 1. The molecule has 1 saturated carbocycles. The van der Waals surface area contributed by atoms with E-state index < -0.39 is 0 Å². The zero-order chi connectivity index (χ0) is 8.89. The molecule has 70 valence electrons. The smallest absolute Gasteiger partial charge is 0.124 e. The largest absolute Gasteiger partial charge is 0.467 e. The van der Waals surface area contributed by atoms with Crippen LogP contribution in [0, 0.1) is 5.41 Å². The highest BCUT2D eigenvalue weighted by Crippen LogP contribution is 2.60. The summed E-state index contributed by atoms with van der Waals surface area (Å²) in [5.74, 6) is 1.20. The summed E-state index contributed by atoms with van der Waals surface area (Å²) < 4.78 is 5.57. The summed E-state index contributed by atoms with van der Waals surface area (Å²) in [5.41, 5.74) is 1.97. The lowest BCUT2D eigenvalue weighted by Gasteiger charge is -2.30. The Bertz CT molecular complexity index is 325. The molecular weight excluding hydrogens is 162 g/mol. The van der Waals surface area contributed by atoms with E-state index in [1.807, 2.05) is 13.3 Å². The highest BCUT2D eigenvalue weighted by Gasteiger charge is 2.52. The van der Waals surface area contributed by atoms with Crippen molar-refractivity contribution in [3.63, 3.8) is 0 Å². The van der Waals surface area contributed by atoms with E-state index in [0.29, 0.717) is 11.5 Å². The van der Waals surface area contributed by atoms with Gasteiger partial charge >= 0.3 is 0 Å². The van der Waals surface area contributed by atoms with Gasteiger partial charge in [-0.3, -0.25) is 0 Å². The van der Waals surface area contributed by atoms with E-state index in [1.165, 1.54) is 37.0 Å². The van der Waals surface area contributed by atoms with Crippen LogP contribution in [0.5, 0.6) is 0 Å². The molecule has 0 aromatic carbocycles. The summed E-state index contributed by atoms with van der Waals surface area (Å²) in [5, 5.41) is 3.41. The predicted octanol–water partition coefficient (Wildman–Crippen LogP) is 2.27. The van der Waals surface area contributed by atoms with Gasteiger partial charge in [-0.15, -0.1) is 0 Å². The third-order valence-corrected chi connectivity index (χ3v) is 3.73. The van der Waals surface area contributed by atoms with Gasteiger partial charge < -0.3 is 9.73 Å². The lowest BCUT2D eigenvalue weighted by atomic mass is 9.81. The molecule has 1 heterocycles. The van der Waals surface area contributed by atoms with Gasteiger partial charge in [0.1, 0.15) is 5.76 Å². The van der Waals surface area contributed by atoms with Gasteiger partial charge in [0.05, 0.1) is 12.3 Å². The molecule has 1 N–H and O–H groups in total. The predicted molar refractivity (Wildman–Crippen MR) is 50.5 cm³/mol. The van der Waals surface area contributed by atoms with Crippen LogP contribution in [0.1, 0.15) is 36.6 Å². The van der Waals surface area contributed by atoms with Gasteiger partial charge in [-0.05, 0) is 49.8 Å². The van der Waals surface area contributed by atoms with E-state index in [2.05, 4.69) is 11.4 Å². The maximum absolute atomic E-state index is 5.57. The molecule has 2 aliphatic carbocycles. The molecule has 1 spiro atoms. The van der Waals surface area contributed by atoms with Crippen LogP contribution < -0.4 is 5.32 Å². The normalized spacial score (nSPS) is 28.8. The molecule has 1 aromatic heterocycles. The van der Waals surface area contributed by atoms with Gasteiger partial charge in [-0.1, -0.05) is 0 Å². The van der Waals surface area contributed by atoms with Gasteiger partial charge in [-0.2, -0.15) is 0 Å². The first kappa shape index (κ1) is 7.63. The topological polar surface area (TPSA) is 25.2 Å². The minimum absolute atomic E-state index is 0.478. The van der Waals surface area contributed by atoms with E-state index >= 15 is 0 Å². The highest BCUT2D eigenvalue weighted by atomic mass is 16.3. The minimum Gasteiger partial charge on any atom is -0.467 e. The Morgan fingerprint density at radius 2 is 2.31 bits per heavy atom. The lowest BCUT2D eigenvalue weighted by Crippen LogP contribution is -2.30. The van der Waals surface area contributed by atoms with Gasteiger partial charge in [0.15, 0.2) is 0 Å². The van der Waals surface area contributed by atoms with Crippen molar-refractivity contribution in [3.8, 4) is 0 Å². The minimum atomic E-state index is 0.478. The molecular formula is C11H15NO. The molecule has 0 bridgehead atoms. The molecule has 0 radical (unpaired) electrons. The SMILES string of the molecule is CNC1c2occc2CCC12CC2. The molecule has 1 unspecified atom stereocenters. The average Bonchev–Trinajstić information content (AvgIpc) is 2.76. The van der Waals surface area contributed by atoms with Crippen molar-refractivity contribution < 1.29 is 4.42 Å². The third kappa shape index (κ3) is 0.923. The first-order valence-electron chi connectivity index (χ1n) is 5.09. The summed E-state index contributed by atoms with van der Waals surface area (Å²) in [6.45, 7) is 0. The monoisotopic (exact) mass is 177 g/mol. The quantitative estimate of drug-likeness (QED) is 0.711. The Kier molecular flexibility index (Phi) is 1.40. The van der Waals surface area contributed by atoms with Crippen LogP contribution >= 0.6 is 0 Å². The van der Waals surface area contributed by atoms with E-state index in [-0.39, 0.29) is 0 Å². The summed E-state index contributed by atoms with van der Waals surface area (Å²) in [7, 11) is 2.04. The fraction of sp³-hybridized carbons (Fsp3) is 0.636. The standard InChI is InChI=1S/C11H15NO/c1-12-10-9-8(3-7-13-9)2-4-11(10)5-6-11/h3,7,10,12H,2,4-6H2,1H3. The van der Waals surface area contributed by atoms with Crippen molar-refractivity contribution in [2.75, 3.05) is 7.05 Å². The Morgan fingerprint density at radius 1 is 1.46 bits per heavy atom. The summed E-state index contributed by atoms with van der Waals surface area (Å²) in [4.78, 5) is 0. The van der Waals surface area contributed by atoms with Gasteiger partial charge in [-0.25, -0.2) is 0 Å². The molecule has 1 atom stereocenters. The van der Waals surface area contributed by atoms with Crippen LogP contribution in [0.2, 0.25) is 0 Å². The summed E-state index contributed by atoms with van der Waals surface area (Å²) in [6, 6.07) is 2.60. The van der Waals surface area contributed by atoms with Crippen LogP contribution in [0.4, 0.5) is 0 Å². The second-order valence-electron chi connectivity index (χ2n) is 4.39. The fourth-order valence-electron chi connectivity index (χ4n) is 2.75. The van der Waals surface area contributed by atoms with Gasteiger partial charge in [0.25, 0.3) is 0 Å². The maximum atomic E-state index is 5.57. The molecule has 1 fully saturated rings. The number of hydrogen-bond donors (Lipinski definition) is 1. The van der Waals surface area contributed by atoms with Crippen molar-refractivity contribution in [2.45, 2.75) is 31.7 Å². The van der Waals surface area contributed by atoms with Crippen LogP contribution in [0.25, 0.3) is 0 Å². The second-order valence-corrected chi connectivity index (χ2v) is 4.39. The Balaban J connectivity index is 2.04. The highest BCUT2D eigenvalue weighted by molar-refractivity contribution is 5.29. The van der Waals surface area contributed by atoms with Crippen LogP contribution in [0.3, 0.4) is 0 Å². The number of rotatable bonds is 1. The van der Waals surface area contributed by atoms with Crippen molar-refractivity contribution in [3.05, 3.63) is 23.7 Å². The van der Waals surface area contributed by atoms with Crippen molar-refractivity contribution >= 4 is 0 Å². The number of nitrogens with one attached hydrogen (secondary N) is 1. The van der Waals surface area contributed by atoms with Crippen LogP contribution in [0.15, 0.2) is 16.7 Å². The van der Waals surface area contributed by atoms with E-state index in [0.717, 1.165) is 0 Å². The Morgan fingerprint density at radius 3 is 3.00 bits per heavy atom. The molecule has 1 aromatic rings. The van der Waals surface area contributed by atoms with Gasteiger partial charge in [0.2, 0.25) is 0 Å². The molecule has 0 amide bonds. The Hall–Kier alpha value is -0.760. The molecule has 13 heavy (non-hydrogen) atoms. The van der Waals surface area contributed by atoms with Crippen LogP contribution in [-0.4, -0.2) is 7.05 Å². The van der Waals surface area contributed by atoms with E-state index in [4.69, 9.17) is 4.42 Å². The first-order chi connectivity index (χ1) is 6.36. The van der Waals surface area contributed by atoms with Crippen LogP contribution in [-0.2, 0) is 6.42 Å². The second kappa shape index (κ2) is 2.38. The number of fused-ring (bicyclic) bond motifs is 1. The summed E-state index contributed by atoms with van der Waals surface area (Å²) >= 11 is 0. The zero-order valence-electron chi connectivity index (χ0n) is 7.97. The zero-order valence-corrected chi connectivity index (χ0v) is 7.97. The first-order valence-corrected chi connectivity index (χ1v) is 5.09. The average molecular weight is 177 g/mol. The van der Waals surface area contributed by atoms with E-state index in [1.54, 1.807) is 0 Å². The fourth-order valence-corrected chi connectivity index (χ4v) is 2.75. The summed E-state index contributed by atoms with van der Waals surface area (Å²) in [6.07, 6.45) is 7.13. The maximum Gasteiger partial charge on any atom is 0.124 e. The van der Waals surface area contributed by atoms with Crippen molar-refractivity contribution in [2.24, 2.45) is 5.41 Å². The van der Waals surface area contributed by atoms with Gasteiger partial charge in [0, 0.05) is 0 Å². The third-order valence-electron chi connectivity index (χ3n) is 3.73. The lowest BCUT2D eigenvalue weighted by molar-refractivity contribution is 0.266. The number of furan rings is 1. The molecule has 0 aliphatic heterocycles. The molecule has 0 saturated heterocycles. The Labute approximate surface area is 78.3 Å². The molecule has 2 nitrogen and oxygen atoms in total. The molecule has 2 aliphatic rings.